The lowest BCUT2D eigenvalue weighted by molar-refractivity contribution is -0.144. The molecule has 0 aromatic carbocycles. The zero-order valence-corrected chi connectivity index (χ0v) is 18.2. The lowest BCUT2D eigenvalue weighted by atomic mass is 10.0. The van der Waals surface area contributed by atoms with Gasteiger partial charge in [0.1, 0.15) is 18.1 Å². The van der Waals surface area contributed by atoms with Crippen LogP contribution in [-0.2, 0) is 28.8 Å². The second-order valence-electron chi connectivity index (χ2n) is 7.76. The fraction of sp³-hybridized carbons (Fsp3) is 0.667. The summed E-state index contributed by atoms with van der Waals surface area (Å²) in [6, 6.07) is -5.76. The number of nitrogens with two attached hydrogens (primary N) is 3. The van der Waals surface area contributed by atoms with Crippen LogP contribution in [0.1, 0.15) is 40.0 Å². The van der Waals surface area contributed by atoms with Crippen LogP contribution in [-0.4, -0.2) is 76.0 Å². The molecule has 0 fully saturated rings. The van der Waals surface area contributed by atoms with E-state index < -0.39 is 78.6 Å². The summed E-state index contributed by atoms with van der Waals surface area (Å²) in [7, 11) is 0. The average Bonchev–Trinajstić information content (AvgIpc) is 2.62. The van der Waals surface area contributed by atoms with Gasteiger partial charge < -0.3 is 43.4 Å². The number of primary amides is 2. The molecule has 0 aliphatic carbocycles. The third-order valence-electron chi connectivity index (χ3n) is 4.18. The lowest BCUT2D eigenvalue weighted by Gasteiger charge is -2.27. The van der Waals surface area contributed by atoms with Gasteiger partial charge in [0.15, 0.2) is 0 Å². The van der Waals surface area contributed by atoms with E-state index in [4.69, 9.17) is 22.3 Å². The molecule has 5 unspecified atom stereocenters. The summed E-state index contributed by atoms with van der Waals surface area (Å²) in [5, 5.41) is 25.7. The SMILES string of the molecule is CC(C)CC(NC(=O)C(NC(=O)C(N)CC(N)=O)C(C)O)C(=O)NC(CC(N)=O)C(=O)O. The Bertz CT molecular complexity index is 726. The first kappa shape index (κ1) is 28.7. The predicted octanol–water partition coefficient (Wildman–Crippen LogP) is -3.97. The molecule has 0 aliphatic rings. The number of carboxylic acid groups (broad SMARTS) is 1. The molecule has 5 atom stereocenters. The van der Waals surface area contributed by atoms with Gasteiger partial charge in [-0.1, -0.05) is 13.8 Å². The van der Waals surface area contributed by atoms with E-state index in [1.54, 1.807) is 13.8 Å². The maximum absolute atomic E-state index is 12.7. The van der Waals surface area contributed by atoms with Crippen LogP contribution in [0, 0.1) is 5.92 Å². The van der Waals surface area contributed by atoms with E-state index in [1.807, 2.05) is 0 Å². The van der Waals surface area contributed by atoms with Gasteiger partial charge in [-0.2, -0.15) is 0 Å². The first-order valence-corrected chi connectivity index (χ1v) is 9.79. The predicted molar refractivity (Wildman–Crippen MR) is 110 cm³/mol. The van der Waals surface area contributed by atoms with Gasteiger partial charge in [0.25, 0.3) is 0 Å². The molecule has 0 spiro atoms. The summed E-state index contributed by atoms with van der Waals surface area (Å²) in [6.45, 7) is 4.68. The number of amides is 5. The molecule has 0 aromatic rings. The number of aliphatic hydroxyl groups excluding tert-OH is 1. The van der Waals surface area contributed by atoms with Gasteiger partial charge in [-0.3, -0.25) is 24.0 Å². The zero-order valence-electron chi connectivity index (χ0n) is 18.2. The van der Waals surface area contributed by atoms with Crippen molar-refractivity contribution in [3.8, 4) is 0 Å². The Kier molecular flexibility index (Phi) is 11.9. The molecule has 0 saturated heterocycles. The molecular weight excluding hydrogens is 428 g/mol. The fourth-order valence-corrected chi connectivity index (χ4v) is 2.61. The van der Waals surface area contributed by atoms with Crippen molar-refractivity contribution in [3.05, 3.63) is 0 Å². The van der Waals surface area contributed by atoms with E-state index in [-0.39, 0.29) is 12.3 Å². The number of aliphatic carboxylic acids is 1. The molecule has 11 N–H and O–H groups in total. The quantitative estimate of drug-likeness (QED) is 0.125. The third kappa shape index (κ3) is 10.7. The van der Waals surface area contributed by atoms with Gasteiger partial charge in [-0.05, 0) is 19.3 Å². The van der Waals surface area contributed by atoms with Gasteiger partial charge in [0.2, 0.25) is 29.5 Å². The first-order chi connectivity index (χ1) is 14.6. The topological polar surface area (TPSA) is 257 Å². The number of nitrogens with one attached hydrogen (secondary N) is 3. The minimum absolute atomic E-state index is 0.0716. The molecule has 182 valence electrons. The summed E-state index contributed by atoms with van der Waals surface area (Å²) in [5.74, 6) is -6.21. The number of aliphatic hydroxyl groups is 1. The van der Waals surface area contributed by atoms with Crippen molar-refractivity contribution in [2.75, 3.05) is 0 Å². The Morgan fingerprint density at radius 2 is 1.28 bits per heavy atom. The molecule has 0 aliphatic heterocycles. The number of hydrogen-bond donors (Lipinski definition) is 8. The van der Waals surface area contributed by atoms with Crippen molar-refractivity contribution in [3.63, 3.8) is 0 Å². The van der Waals surface area contributed by atoms with Crippen LogP contribution in [0.4, 0.5) is 0 Å². The molecule has 14 heteroatoms. The van der Waals surface area contributed by atoms with Crippen LogP contribution in [0.25, 0.3) is 0 Å². The van der Waals surface area contributed by atoms with E-state index in [9.17, 15) is 33.9 Å². The zero-order chi connectivity index (χ0) is 25.2. The Hall–Kier alpha value is -3.26. The Labute approximate surface area is 184 Å². The summed E-state index contributed by atoms with van der Waals surface area (Å²) in [6.07, 6.45) is -2.49. The number of carboxylic acids is 1. The average molecular weight is 460 g/mol. The highest BCUT2D eigenvalue weighted by molar-refractivity contribution is 5.95. The van der Waals surface area contributed by atoms with Gasteiger partial charge in [-0.25, -0.2) is 4.79 Å². The third-order valence-corrected chi connectivity index (χ3v) is 4.18. The molecule has 0 aromatic heterocycles. The Morgan fingerprint density at radius 3 is 1.69 bits per heavy atom. The molecule has 0 saturated carbocycles. The van der Waals surface area contributed by atoms with Crippen LogP contribution in [0.2, 0.25) is 0 Å². The molecule has 0 bridgehead atoms. The van der Waals surface area contributed by atoms with E-state index >= 15 is 0 Å². The summed E-state index contributed by atoms with van der Waals surface area (Å²) < 4.78 is 0. The fourth-order valence-electron chi connectivity index (χ4n) is 2.61. The minimum Gasteiger partial charge on any atom is -0.480 e. The lowest BCUT2D eigenvalue weighted by Crippen LogP contribution is -2.60. The number of rotatable bonds is 14. The second-order valence-corrected chi connectivity index (χ2v) is 7.76. The van der Waals surface area contributed by atoms with Gasteiger partial charge in [-0.15, -0.1) is 0 Å². The van der Waals surface area contributed by atoms with Crippen molar-refractivity contribution < 1.29 is 39.0 Å². The normalized spacial score (nSPS) is 15.6. The van der Waals surface area contributed by atoms with Crippen molar-refractivity contribution in [1.82, 2.24) is 16.0 Å². The molecule has 14 nitrogen and oxygen atoms in total. The van der Waals surface area contributed by atoms with Crippen molar-refractivity contribution in [2.24, 2.45) is 23.1 Å². The minimum atomic E-state index is -1.61. The van der Waals surface area contributed by atoms with Crippen molar-refractivity contribution >= 4 is 35.5 Å². The highest BCUT2D eigenvalue weighted by Gasteiger charge is 2.33. The van der Waals surface area contributed by atoms with Crippen LogP contribution < -0.4 is 33.2 Å². The molecule has 0 rings (SSSR count). The van der Waals surface area contributed by atoms with Crippen molar-refractivity contribution in [2.45, 2.75) is 70.3 Å². The molecule has 5 amide bonds. The van der Waals surface area contributed by atoms with Gasteiger partial charge >= 0.3 is 5.97 Å². The maximum atomic E-state index is 12.7. The van der Waals surface area contributed by atoms with Gasteiger partial charge in [0.05, 0.1) is 25.0 Å². The van der Waals surface area contributed by atoms with E-state index in [1.165, 1.54) is 6.92 Å². The summed E-state index contributed by atoms with van der Waals surface area (Å²) in [4.78, 5) is 70.6. The highest BCUT2D eigenvalue weighted by atomic mass is 16.4. The van der Waals surface area contributed by atoms with Gasteiger partial charge in [0, 0.05) is 0 Å². The second kappa shape index (κ2) is 13.2. The largest absolute Gasteiger partial charge is 0.480 e. The maximum Gasteiger partial charge on any atom is 0.326 e. The summed E-state index contributed by atoms with van der Waals surface area (Å²) >= 11 is 0. The Balaban J connectivity index is 5.46. The Morgan fingerprint density at radius 1 is 0.781 bits per heavy atom. The molecule has 32 heavy (non-hydrogen) atoms. The molecule has 0 heterocycles. The van der Waals surface area contributed by atoms with E-state index in [0.717, 1.165) is 0 Å². The first-order valence-electron chi connectivity index (χ1n) is 9.79. The standard InChI is InChI=1S/C18H32N6O8/c1-7(2)4-10(16(29)23-11(18(31)32)6-13(21)27)22-17(30)14(8(3)25)24-15(28)9(19)5-12(20)26/h7-11,14,25H,4-6,19H2,1-3H3,(H2,20,26)(H2,21,27)(H,22,30)(H,23,29)(H,24,28)(H,31,32). The van der Waals surface area contributed by atoms with Crippen LogP contribution in [0.15, 0.2) is 0 Å². The van der Waals surface area contributed by atoms with Crippen LogP contribution in [0.5, 0.6) is 0 Å². The number of carbonyl (C=O) groups is 6. The highest BCUT2D eigenvalue weighted by Crippen LogP contribution is 2.07. The van der Waals surface area contributed by atoms with Crippen LogP contribution in [0.3, 0.4) is 0 Å². The molecule has 0 radical (unpaired) electrons. The molecular formula is C18H32N6O8. The summed E-state index contributed by atoms with van der Waals surface area (Å²) in [5.41, 5.74) is 15.5. The van der Waals surface area contributed by atoms with Crippen molar-refractivity contribution in [1.29, 1.82) is 0 Å². The number of hydrogen-bond acceptors (Lipinski definition) is 8. The van der Waals surface area contributed by atoms with E-state index in [0.29, 0.717) is 0 Å². The van der Waals surface area contributed by atoms with Crippen LogP contribution >= 0.6 is 0 Å². The smallest absolute Gasteiger partial charge is 0.326 e. The number of carbonyl (C=O) groups excluding carboxylic acids is 5. The van der Waals surface area contributed by atoms with E-state index in [2.05, 4.69) is 16.0 Å². The monoisotopic (exact) mass is 460 g/mol.